The molecule has 3 N–H and O–H groups in total. The van der Waals surface area contributed by atoms with Crippen molar-refractivity contribution in [3.8, 4) is 16.9 Å². The fraction of sp³-hybridized carbons (Fsp3) is 0.0870. The lowest BCUT2D eigenvalue weighted by molar-refractivity contribution is 0.102. The minimum atomic E-state index is -2.73. The zero-order valence-electron chi connectivity index (χ0n) is 18.2. The van der Waals surface area contributed by atoms with E-state index in [1.807, 2.05) is 0 Å². The van der Waals surface area contributed by atoms with Crippen molar-refractivity contribution in [1.82, 2.24) is 29.4 Å². The van der Waals surface area contributed by atoms with Crippen molar-refractivity contribution in [3.05, 3.63) is 83.8 Å². The first-order chi connectivity index (χ1) is 16.8. The first kappa shape index (κ1) is 22.1. The minimum absolute atomic E-state index is 0.0143. The lowest BCUT2D eigenvalue weighted by Crippen LogP contribution is -2.14. The van der Waals surface area contributed by atoms with Crippen LogP contribution in [0.2, 0.25) is 0 Å². The van der Waals surface area contributed by atoms with Crippen LogP contribution in [-0.4, -0.2) is 35.3 Å². The van der Waals surface area contributed by atoms with Gasteiger partial charge in [0.15, 0.2) is 11.5 Å². The highest BCUT2D eigenvalue weighted by Crippen LogP contribution is 2.27. The van der Waals surface area contributed by atoms with Crippen LogP contribution in [-0.2, 0) is 0 Å². The fourth-order valence-corrected chi connectivity index (χ4v) is 3.63. The Morgan fingerprint density at radius 3 is 2.74 bits per heavy atom. The second-order valence-corrected chi connectivity index (χ2v) is 7.70. The number of carbonyl (C=O) groups excluding carboxylic acids is 1. The van der Waals surface area contributed by atoms with E-state index in [4.69, 9.17) is 5.73 Å². The first-order valence-corrected chi connectivity index (χ1v) is 10.3. The molecule has 0 bridgehead atoms. The predicted molar refractivity (Wildman–Crippen MR) is 122 cm³/mol. The van der Waals surface area contributed by atoms with Crippen molar-refractivity contribution in [3.63, 3.8) is 0 Å². The van der Waals surface area contributed by atoms with Crippen LogP contribution >= 0.6 is 0 Å². The number of alkyl halides is 2. The van der Waals surface area contributed by atoms with Gasteiger partial charge >= 0.3 is 0 Å². The van der Waals surface area contributed by atoms with Gasteiger partial charge in [-0.25, -0.2) is 32.3 Å². The van der Waals surface area contributed by atoms with Crippen LogP contribution in [0.3, 0.4) is 0 Å². The SMILES string of the molecule is Cc1cc(F)c(NC(=O)c2cccc(C(F)F)c2)cc1-n1cc(-c2cnc3c(N)ncnn23)cn1. The summed E-state index contributed by atoms with van der Waals surface area (Å²) >= 11 is 0. The number of nitrogens with two attached hydrogens (primary N) is 1. The van der Waals surface area contributed by atoms with E-state index in [-0.39, 0.29) is 22.6 Å². The molecule has 3 aromatic heterocycles. The van der Waals surface area contributed by atoms with E-state index in [0.29, 0.717) is 28.2 Å². The van der Waals surface area contributed by atoms with Gasteiger partial charge in [-0.3, -0.25) is 4.79 Å². The molecule has 5 aromatic rings. The van der Waals surface area contributed by atoms with Gasteiger partial charge in [-0.05, 0) is 36.8 Å². The predicted octanol–water partition coefficient (Wildman–Crippen LogP) is 4.20. The molecule has 5 rings (SSSR count). The Hall–Kier alpha value is -4.74. The number of hydrogen-bond acceptors (Lipinski definition) is 6. The van der Waals surface area contributed by atoms with Crippen LogP contribution < -0.4 is 11.1 Å². The fourth-order valence-electron chi connectivity index (χ4n) is 3.63. The number of hydrogen-bond donors (Lipinski definition) is 2. The van der Waals surface area contributed by atoms with E-state index in [1.54, 1.807) is 25.5 Å². The summed E-state index contributed by atoms with van der Waals surface area (Å²) in [5.41, 5.74) is 8.13. The summed E-state index contributed by atoms with van der Waals surface area (Å²) in [4.78, 5) is 20.7. The third-order valence-electron chi connectivity index (χ3n) is 5.39. The number of aryl methyl sites for hydroxylation is 1. The molecule has 2 aromatic carbocycles. The number of imidazole rings is 1. The number of benzene rings is 2. The summed E-state index contributed by atoms with van der Waals surface area (Å²) in [7, 11) is 0. The topological polar surface area (TPSA) is 116 Å². The number of amides is 1. The molecule has 0 aliphatic carbocycles. The number of fused-ring (bicyclic) bond motifs is 1. The van der Waals surface area contributed by atoms with Crippen LogP contribution in [0.1, 0.15) is 27.9 Å². The lowest BCUT2D eigenvalue weighted by atomic mass is 10.1. The molecule has 12 heteroatoms. The molecule has 3 heterocycles. The number of nitrogen functional groups attached to an aromatic ring is 1. The van der Waals surface area contributed by atoms with Gasteiger partial charge in [-0.15, -0.1) is 0 Å². The summed E-state index contributed by atoms with van der Waals surface area (Å²) < 4.78 is 43.7. The highest BCUT2D eigenvalue weighted by Gasteiger charge is 2.17. The largest absolute Gasteiger partial charge is 0.381 e. The molecule has 176 valence electrons. The zero-order valence-corrected chi connectivity index (χ0v) is 18.2. The lowest BCUT2D eigenvalue weighted by Gasteiger charge is -2.12. The molecule has 35 heavy (non-hydrogen) atoms. The second kappa shape index (κ2) is 8.56. The van der Waals surface area contributed by atoms with Crippen molar-refractivity contribution in [1.29, 1.82) is 0 Å². The molecule has 0 aliphatic heterocycles. The number of aromatic nitrogens is 6. The molecule has 0 saturated carbocycles. The van der Waals surface area contributed by atoms with Crippen LogP contribution in [0.4, 0.5) is 24.7 Å². The molecule has 0 spiro atoms. The van der Waals surface area contributed by atoms with Gasteiger partial charge in [0.25, 0.3) is 12.3 Å². The van der Waals surface area contributed by atoms with E-state index >= 15 is 0 Å². The Bertz CT molecular complexity index is 1580. The number of nitrogens with zero attached hydrogens (tertiary/aromatic N) is 6. The number of carbonyl (C=O) groups is 1. The number of halogens is 3. The molecule has 0 aliphatic rings. The molecule has 0 atom stereocenters. The summed E-state index contributed by atoms with van der Waals surface area (Å²) in [6.45, 7) is 1.69. The number of nitrogens with one attached hydrogen (secondary N) is 1. The molecule has 0 unspecified atom stereocenters. The highest BCUT2D eigenvalue weighted by molar-refractivity contribution is 6.04. The highest BCUT2D eigenvalue weighted by atomic mass is 19.3. The minimum Gasteiger partial charge on any atom is -0.381 e. The monoisotopic (exact) mass is 478 g/mol. The van der Waals surface area contributed by atoms with Crippen molar-refractivity contribution in [2.24, 2.45) is 0 Å². The Morgan fingerprint density at radius 2 is 1.94 bits per heavy atom. The van der Waals surface area contributed by atoms with Crippen molar-refractivity contribution in [2.75, 3.05) is 11.1 Å². The van der Waals surface area contributed by atoms with Gasteiger partial charge in [0.05, 0.1) is 29.5 Å². The van der Waals surface area contributed by atoms with E-state index in [2.05, 4.69) is 25.5 Å². The van der Waals surface area contributed by atoms with Gasteiger partial charge in [0, 0.05) is 22.9 Å². The Morgan fingerprint density at radius 1 is 1.11 bits per heavy atom. The maximum Gasteiger partial charge on any atom is 0.263 e. The van der Waals surface area contributed by atoms with E-state index < -0.39 is 18.1 Å². The van der Waals surface area contributed by atoms with Gasteiger partial charge in [-0.1, -0.05) is 12.1 Å². The maximum absolute atomic E-state index is 14.7. The summed E-state index contributed by atoms with van der Waals surface area (Å²) in [5.74, 6) is -1.16. The standard InChI is InChI=1S/C23H17F3N8O/c1-12-5-16(24)17(32-23(35)14-4-2-3-13(6-14)20(25)26)7-18(12)33-10-15(8-30-33)19-9-28-22-21(27)29-11-31-34(19)22/h2-11,20H,1H3,(H,32,35)(H2,27,29,31). The summed E-state index contributed by atoms with van der Waals surface area (Å²) in [5, 5.41) is 11.0. The third-order valence-corrected chi connectivity index (χ3v) is 5.39. The Labute approximate surface area is 196 Å². The number of rotatable bonds is 5. The summed E-state index contributed by atoms with van der Waals surface area (Å²) in [6, 6.07) is 7.68. The Kier molecular flexibility index (Phi) is 5.40. The molecule has 0 radical (unpaired) electrons. The molecule has 0 saturated heterocycles. The van der Waals surface area contributed by atoms with Crippen LogP contribution in [0.15, 0.2) is 61.3 Å². The summed E-state index contributed by atoms with van der Waals surface area (Å²) in [6.07, 6.45) is 3.44. The van der Waals surface area contributed by atoms with E-state index in [1.165, 1.54) is 45.9 Å². The smallest absolute Gasteiger partial charge is 0.263 e. The average molecular weight is 478 g/mol. The molecular formula is C23H17F3N8O. The van der Waals surface area contributed by atoms with E-state index in [9.17, 15) is 18.0 Å². The van der Waals surface area contributed by atoms with Gasteiger partial charge < -0.3 is 11.1 Å². The normalized spacial score (nSPS) is 11.3. The Balaban J connectivity index is 1.47. The average Bonchev–Trinajstić information content (AvgIpc) is 3.49. The maximum atomic E-state index is 14.7. The van der Waals surface area contributed by atoms with E-state index in [0.717, 1.165) is 6.07 Å². The first-order valence-electron chi connectivity index (χ1n) is 10.3. The van der Waals surface area contributed by atoms with Gasteiger partial charge in [-0.2, -0.15) is 10.2 Å². The quantitative estimate of drug-likeness (QED) is 0.391. The molecule has 9 nitrogen and oxygen atoms in total. The van der Waals surface area contributed by atoms with Crippen LogP contribution in [0, 0.1) is 12.7 Å². The van der Waals surface area contributed by atoms with Gasteiger partial charge in [0.1, 0.15) is 12.1 Å². The van der Waals surface area contributed by atoms with Crippen molar-refractivity contribution in [2.45, 2.75) is 13.3 Å². The van der Waals surface area contributed by atoms with Crippen LogP contribution in [0.5, 0.6) is 0 Å². The van der Waals surface area contributed by atoms with Crippen molar-refractivity contribution < 1.29 is 18.0 Å². The van der Waals surface area contributed by atoms with Crippen molar-refractivity contribution >= 4 is 23.1 Å². The second-order valence-electron chi connectivity index (χ2n) is 7.70. The zero-order chi connectivity index (χ0) is 24.7. The van der Waals surface area contributed by atoms with Gasteiger partial charge in [0.2, 0.25) is 0 Å². The molecular weight excluding hydrogens is 461 g/mol. The molecule has 0 fully saturated rings. The van der Waals surface area contributed by atoms with Crippen LogP contribution in [0.25, 0.3) is 22.6 Å². The number of anilines is 2. The molecule has 1 amide bonds. The third kappa shape index (κ3) is 4.05.